The summed E-state index contributed by atoms with van der Waals surface area (Å²) in [5.74, 6) is 0.751. The molecular formula is C21H18N4OS. The summed E-state index contributed by atoms with van der Waals surface area (Å²) in [7, 11) is 0. The molecule has 4 aromatic rings. The van der Waals surface area contributed by atoms with E-state index in [0.717, 1.165) is 41.1 Å². The number of imidazole rings is 1. The summed E-state index contributed by atoms with van der Waals surface area (Å²) in [6.45, 7) is 1.98. The fourth-order valence-corrected chi connectivity index (χ4v) is 4.70. The third-order valence-corrected chi connectivity index (χ3v) is 5.99. The average molecular weight is 374 g/mol. The molecule has 1 aliphatic carbocycles. The van der Waals surface area contributed by atoms with Crippen molar-refractivity contribution in [3.8, 4) is 5.69 Å². The molecule has 0 fully saturated rings. The summed E-state index contributed by atoms with van der Waals surface area (Å²) in [6, 6.07) is 15.8. The summed E-state index contributed by atoms with van der Waals surface area (Å²) in [4.78, 5) is 23.2. The lowest BCUT2D eigenvalue weighted by atomic mass is 10.2. The summed E-state index contributed by atoms with van der Waals surface area (Å²) in [5, 5.41) is 3.63. The number of thiazole rings is 1. The molecule has 5 nitrogen and oxygen atoms in total. The molecule has 134 valence electrons. The molecule has 0 spiro atoms. The standard InChI is InChI=1S/C21H18N4OS/c1-13-22-17-12-14(10-11-18(17)25(13)15-6-3-2-4-7-15)20(26)24-21-23-16-8-5-9-19(16)27-21/h2-4,6-7,10-12H,5,8-9H2,1H3,(H,23,24,26). The Labute approximate surface area is 160 Å². The van der Waals surface area contributed by atoms with Crippen LogP contribution in [0.3, 0.4) is 0 Å². The number of benzene rings is 2. The van der Waals surface area contributed by atoms with Crippen molar-refractivity contribution in [1.82, 2.24) is 14.5 Å². The summed E-state index contributed by atoms with van der Waals surface area (Å²) in [6.07, 6.45) is 3.26. The zero-order chi connectivity index (χ0) is 18.4. The first-order valence-electron chi connectivity index (χ1n) is 9.03. The topological polar surface area (TPSA) is 59.8 Å². The van der Waals surface area contributed by atoms with E-state index in [1.54, 1.807) is 11.3 Å². The quantitative estimate of drug-likeness (QED) is 0.573. The van der Waals surface area contributed by atoms with Crippen LogP contribution in [0.2, 0.25) is 0 Å². The molecule has 6 heteroatoms. The lowest BCUT2D eigenvalue weighted by Gasteiger charge is -2.07. The number of carbonyl (C=O) groups excluding carboxylic acids is 1. The molecule has 5 rings (SSSR count). The highest BCUT2D eigenvalue weighted by molar-refractivity contribution is 7.16. The molecule has 1 amide bonds. The molecule has 1 N–H and O–H groups in total. The van der Waals surface area contributed by atoms with Gasteiger partial charge in [0.05, 0.1) is 16.7 Å². The number of anilines is 1. The maximum Gasteiger partial charge on any atom is 0.257 e. The molecule has 0 bridgehead atoms. The first-order chi connectivity index (χ1) is 13.2. The van der Waals surface area contributed by atoms with Crippen LogP contribution < -0.4 is 5.32 Å². The predicted molar refractivity (Wildman–Crippen MR) is 108 cm³/mol. The minimum absolute atomic E-state index is 0.142. The number of nitrogens with one attached hydrogen (secondary N) is 1. The number of aryl methyl sites for hydroxylation is 3. The number of rotatable bonds is 3. The molecule has 2 aromatic heterocycles. The second kappa shape index (κ2) is 6.32. The van der Waals surface area contributed by atoms with E-state index in [1.807, 2.05) is 43.3 Å². The van der Waals surface area contributed by atoms with Crippen LogP contribution in [0.5, 0.6) is 0 Å². The summed E-state index contributed by atoms with van der Waals surface area (Å²) < 4.78 is 2.10. The van der Waals surface area contributed by atoms with Crippen LogP contribution in [0.1, 0.15) is 33.2 Å². The minimum Gasteiger partial charge on any atom is -0.298 e. The van der Waals surface area contributed by atoms with Gasteiger partial charge in [-0.1, -0.05) is 18.2 Å². The molecule has 27 heavy (non-hydrogen) atoms. The van der Waals surface area contributed by atoms with Crippen LogP contribution in [0.25, 0.3) is 16.7 Å². The van der Waals surface area contributed by atoms with Crippen molar-refractivity contribution in [1.29, 1.82) is 0 Å². The lowest BCUT2D eigenvalue weighted by Crippen LogP contribution is -2.11. The Morgan fingerprint density at radius 3 is 2.78 bits per heavy atom. The molecule has 0 aliphatic heterocycles. The fourth-order valence-electron chi connectivity index (χ4n) is 3.66. The monoisotopic (exact) mass is 374 g/mol. The van der Waals surface area contributed by atoms with Gasteiger partial charge in [-0.05, 0) is 56.5 Å². The number of hydrogen-bond donors (Lipinski definition) is 1. The predicted octanol–water partition coefficient (Wildman–Crippen LogP) is 4.53. The van der Waals surface area contributed by atoms with Gasteiger partial charge >= 0.3 is 0 Å². The number of carbonyl (C=O) groups is 1. The Kier molecular flexibility index (Phi) is 3.79. The number of nitrogens with zero attached hydrogens (tertiary/aromatic N) is 3. The first kappa shape index (κ1) is 16.2. The van der Waals surface area contributed by atoms with Gasteiger partial charge in [0.15, 0.2) is 5.13 Å². The Morgan fingerprint density at radius 2 is 1.96 bits per heavy atom. The second-order valence-corrected chi connectivity index (χ2v) is 7.81. The number of fused-ring (bicyclic) bond motifs is 2. The largest absolute Gasteiger partial charge is 0.298 e. The Hall–Kier alpha value is -2.99. The van der Waals surface area contributed by atoms with Gasteiger partial charge in [0, 0.05) is 16.1 Å². The van der Waals surface area contributed by atoms with Crippen LogP contribution in [0.15, 0.2) is 48.5 Å². The van der Waals surface area contributed by atoms with Crippen molar-refractivity contribution < 1.29 is 4.79 Å². The smallest absolute Gasteiger partial charge is 0.257 e. The van der Waals surface area contributed by atoms with E-state index in [9.17, 15) is 4.79 Å². The molecule has 0 radical (unpaired) electrons. The second-order valence-electron chi connectivity index (χ2n) is 6.73. The van der Waals surface area contributed by atoms with Gasteiger partial charge in [-0.25, -0.2) is 9.97 Å². The zero-order valence-electron chi connectivity index (χ0n) is 14.9. The van der Waals surface area contributed by atoms with Gasteiger partial charge in [-0.3, -0.25) is 14.7 Å². The third-order valence-electron chi connectivity index (χ3n) is 4.91. The van der Waals surface area contributed by atoms with Gasteiger partial charge < -0.3 is 0 Å². The van der Waals surface area contributed by atoms with E-state index >= 15 is 0 Å². The zero-order valence-corrected chi connectivity index (χ0v) is 15.7. The highest BCUT2D eigenvalue weighted by atomic mass is 32.1. The highest BCUT2D eigenvalue weighted by Gasteiger charge is 2.19. The number of amides is 1. The highest BCUT2D eigenvalue weighted by Crippen LogP contribution is 2.31. The Morgan fingerprint density at radius 1 is 1.11 bits per heavy atom. The molecule has 2 heterocycles. The van der Waals surface area contributed by atoms with Gasteiger partial charge in [-0.15, -0.1) is 11.3 Å². The van der Waals surface area contributed by atoms with Crippen molar-refractivity contribution in [3.63, 3.8) is 0 Å². The third kappa shape index (κ3) is 2.82. The summed E-state index contributed by atoms with van der Waals surface area (Å²) >= 11 is 1.59. The van der Waals surface area contributed by atoms with E-state index < -0.39 is 0 Å². The van der Waals surface area contributed by atoms with Crippen molar-refractivity contribution in [2.24, 2.45) is 0 Å². The normalized spacial score (nSPS) is 13.1. The van der Waals surface area contributed by atoms with E-state index in [0.29, 0.717) is 10.7 Å². The van der Waals surface area contributed by atoms with Gasteiger partial charge in [-0.2, -0.15) is 0 Å². The van der Waals surface area contributed by atoms with E-state index in [1.165, 1.54) is 11.3 Å². The molecule has 2 aromatic carbocycles. The van der Waals surface area contributed by atoms with E-state index in [-0.39, 0.29) is 5.91 Å². The first-order valence-corrected chi connectivity index (χ1v) is 9.85. The van der Waals surface area contributed by atoms with E-state index in [4.69, 9.17) is 0 Å². The fraction of sp³-hybridized carbons (Fsp3) is 0.190. The molecule has 0 saturated carbocycles. The lowest BCUT2D eigenvalue weighted by molar-refractivity contribution is 0.102. The Bertz CT molecular complexity index is 1140. The van der Waals surface area contributed by atoms with Gasteiger partial charge in [0.2, 0.25) is 0 Å². The van der Waals surface area contributed by atoms with Gasteiger partial charge in [0.1, 0.15) is 5.82 Å². The molecule has 0 unspecified atom stereocenters. The van der Waals surface area contributed by atoms with Crippen molar-refractivity contribution in [3.05, 3.63) is 70.5 Å². The Balaban J connectivity index is 1.47. The number of para-hydroxylation sites is 1. The van der Waals surface area contributed by atoms with Crippen molar-refractivity contribution >= 4 is 33.4 Å². The number of aromatic nitrogens is 3. The van der Waals surface area contributed by atoms with Crippen molar-refractivity contribution in [2.45, 2.75) is 26.2 Å². The van der Waals surface area contributed by atoms with Crippen LogP contribution in [0, 0.1) is 6.92 Å². The van der Waals surface area contributed by atoms with Crippen LogP contribution in [-0.2, 0) is 12.8 Å². The number of hydrogen-bond acceptors (Lipinski definition) is 4. The molecule has 1 aliphatic rings. The van der Waals surface area contributed by atoms with Crippen LogP contribution in [-0.4, -0.2) is 20.4 Å². The van der Waals surface area contributed by atoms with E-state index in [2.05, 4.69) is 32.0 Å². The SMILES string of the molecule is Cc1nc2cc(C(=O)Nc3nc4c(s3)CCC4)ccc2n1-c1ccccc1. The van der Waals surface area contributed by atoms with Crippen molar-refractivity contribution in [2.75, 3.05) is 5.32 Å². The molecule has 0 saturated heterocycles. The molecular weight excluding hydrogens is 356 g/mol. The summed E-state index contributed by atoms with van der Waals surface area (Å²) in [5.41, 5.74) is 4.60. The van der Waals surface area contributed by atoms with Crippen LogP contribution in [0.4, 0.5) is 5.13 Å². The molecule has 0 atom stereocenters. The van der Waals surface area contributed by atoms with Gasteiger partial charge in [0.25, 0.3) is 5.91 Å². The van der Waals surface area contributed by atoms with Crippen LogP contribution >= 0.6 is 11.3 Å². The minimum atomic E-state index is -0.142. The average Bonchev–Trinajstić information content (AvgIpc) is 3.34. The maximum atomic E-state index is 12.7. The maximum absolute atomic E-state index is 12.7.